The van der Waals surface area contributed by atoms with Crippen LogP contribution in [-0.2, 0) is 13.0 Å². The summed E-state index contributed by atoms with van der Waals surface area (Å²) in [6, 6.07) is 9.83. The van der Waals surface area contributed by atoms with Crippen LogP contribution in [0.25, 0.3) is 0 Å². The largest absolute Gasteiger partial charge is 0.493 e. The average molecular weight is 401 g/mol. The highest BCUT2D eigenvalue weighted by molar-refractivity contribution is 6.32. The highest BCUT2D eigenvalue weighted by Crippen LogP contribution is 2.40. The average Bonchev–Trinajstić information content (AvgIpc) is 3.37. The van der Waals surface area contributed by atoms with Gasteiger partial charge < -0.3 is 19.1 Å². The lowest BCUT2D eigenvalue weighted by atomic mass is 10.1. The highest BCUT2D eigenvalue weighted by atomic mass is 35.5. The Labute approximate surface area is 168 Å². The van der Waals surface area contributed by atoms with Crippen LogP contribution in [0.1, 0.15) is 21.5 Å². The van der Waals surface area contributed by atoms with Gasteiger partial charge in [0.25, 0.3) is 5.91 Å². The van der Waals surface area contributed by atoms with Crippen molar-refractivity contribution in [1.82, 2.24) is 9.80 Å². The van der Waals surface area contributed by atoms with Gasteiger partial charge in [0.05, 0.1) is 11.6 Å². The Morgan fingerprint density at radius 2 is 1.86 bits per heavy atom. The monoisotopic (exact) mass is 400 g/mol. The van der Waals surface area contributed by atoms with Gasteiger partial charge in [-0.25, -0.2) is 0 Å². The molecule has 3 heterocycles. The Bertz CT molecular complexity index is 925. The molecule has 146 valence electrons. The van der Waals surface area contributed by atoms with Crippen molar-refractivity contribution < 1.29 is 19.0 Å². The Morgan fingerprint density at radius 3 is 2.71 bits per heavy atom. The van der Waals surface area contributed by atoms with E-state index in [-0.39, 0.29) is 12.7 Å². The Hall–Kier alpha value is -2.44. The maximum Gasteiger partial charge on any atom is 0.254 e. The van der Waals surface area contributed by atoms with Crippen LogP contribution in [0.5, 0.6) is 17.2 Å². The molecule has 2 aromatic carbocycles. The van der Waals surface area contributed by atoms with Crippen molar-refractivity contribution in [3.05, 3.63) is 52.0 Å². The highest BCUT2D eigenvalue weighted by Gasteiger charge is 2.26. The van der Waals surface area contributed by atoms with E-state index in [1.807, 2.05) is 4.90 Å². The second kappa shape index (κ2) is 7.18. The van der Waals surface area contributed by atoms with E-state index >= 15 is 0 Å². The summed E-state index contributed by atoms with van der Waals surface area (Å²) < 4.78 is 16.3. The van der Waals surface area contributed by atoms with Crippen molar-refractivity contribution in [2.45, 2.75) is 13.0 Å². The number of benzene rings is 2. The number of carbonyl (C=O) groups is 1. The molecule has 1 fully saturated rings. The molecule has 6 nitrogen and oxygen atoms in total. The number of halogens is 1. The maximum absolute atomic E-state index is 12.9. The Kier molecular flexibility index (Phi) is 4.53. The Morgan fingerprint density at radius 1 is 1.00 bits per heavy atom. The molecule has 7 heteroatoms. The molecule has 0 N–H and O–H groups in total. The standard InChI is InChI=1S/C21H21ClN2O4/c22-17-10-16(11-19-20(17)28-13-27-19)21(25)24-6-4-23(5-7-24)12-14-1-2-18-15(9-14)3-8-26-18/h1-2,9-11H,3-8,12-13H2. The van der Waals surface area contributed by atoms with Gasteiger partial charge in [0, 0.05) is 44.7 Å². The van der Waals surface area contributed by atoms with E-state index in [0.717, 1.165) is 38.4 Å². The van der Waals surface area contributed by atoms with Gasteiger partial charge in [0.15, 0.2) is 11.5 Å². The van der Waals surface area contributed by atoms with Crippen LogP contribution in [0, 0.1) is 0 Å². The lowest BCUT2D eigenvalue weighted by Crippen LogP contribution is -2.48. The number of rotatable bonds is 3. The van der Waals surface area contributed by atoms with Gasteiger partial charge in [-0.3, -0.25) is 9.69 Å². The van der Waals surface area contributed by atoms with Crippen molar-refractivity contribution in [2.24, 2.45) is 0 Å². The maximum atomic E-state index is 12.9. The minimum Gasteiger partial charge on any atom is -0.493 e. The van der Waals surface area contributed by atoms with Crippen LogP contribution in [-0.4, -0.2) is 55.3 Å². The van der Waals surface area contributed by atoms with E-state index in [4.69, 9.17) is 25.8 Å². The summed E-state index contributed by atoms with van der Waals surface area (Å²) in [4.78, 5) is 17.1. The van der Waals surface area contributed by atoms with Gasteiger partial charge in [-0.1, -0.05) is 23.7 Å². The summed E-state index contributed by atoms with van der Waals surface area (Å²) in [5, 5.41) is 0.414. The third kappa shape index (κ3) is 3.27. The smallest absolute Gasteiger partial charge is 0.254 e. The fraction of sp³-hybridized carbons (Fsp3) is 0.381. The SMILES string of the molecule is O=C(c1cc(Cl)c2c(c1)OCO2)N1CCN(Cc2ccc3c(c2)CCO3)CC1. The normalized spacial score (nSPS) is 18.1. The number of nitrogens with zero attached hydrogens (tertiary/aromatic N) is 2. The molecule has 0 atom stereocenters. The van der Waals surface area contributed by atoms with Crippen LogP contribution in [0.2, 0.25) is 5.02 Å². The summed E-state index contributed by atoms with van der Waals surface area (Å²) >= 11 is 6.22. The second-order valence-corrected chi connectivity index (χ2v) is 7.71. The third-order valence-corrected chi connectivity index (χ3v) is 5.77. The summed E-state index contributed by atoms with van der Waals surface area (Å²) in [5.41, 5.74) is 3.14. The lowest BCUT2D eigenvalue weighted by molar-refractivity contribution is 0.0628. The van der Waals surface area contributed by atoms with Gasteiger partial charge in [-0.05, 0) is 29.3 Å². The number of hydrogen-bond donors (Lipinski definition) is 0. The first-order chi connectivity index (χ1) is 13.7. The summed E-state index contributed by atoms with van der Waals surface area (Å²) in [7, 11) is 0. The molecule has 0 aromatic heterocycles. The Balaban J connectivity index is 1.21. The van der Waals surface area contributed by atoms with E-state index in [0.29, 0.717) is 35.2 Å². The first kappa shape index (κ1) is 17.6. The number of piperazine rings is 1. The van der Waals surface area contributed by atoms with Gasteiger partial charge in [-0.2, -0.15) is 0 Å². The fourth-order valence-corrected chi connectivity index (χ4v) is 4.24. The van der Waals surface area contributed by atoms with Gasteiger partial charge in [-0.15, -0.1) is 0 Å². The molecule has 0 saturated carbocycles. The van der Waals surface area contributed by atoms with Crippen LogP contribution in [0.4, 0.5) is 0 Å². The summed E-state index contributed by atoms with van der Waals surface area (Å²) in [5.74, 6) is 2.05. The zero-order chi connectivity index (χ0) is 19.1. The van der Waals surface area contributed by atoms with Crippen LogP contribution in [0.15, 0.2) is 30.3 Å². The van der Waals surface area contributed by atoms with Crippen molar-refractivity contribution >= 4 is 17.5 Å². The minimum absolute atomic E-state index is 0.0190. The zero-order valence-electron chi connectivity index (χ0n) is 15.4. The van der Waals surface area contributed by atoms with Gasteiger partial charge in [0.2, 0.25) is 6.79 Å². The molecule has 0 spiro atoms. The van der Waals surface area contributed by atoms with E-state index in [1.165, 1.54) is 11.1 Å². The van der Waals surface area contributed by atoms with Crippen molar-refractivity contribution in [3.63, 3.8) is 0 Å². The minimum atomic E-state index is -0.0190. The number of hydrogen-bond acceptors (Lipinski definition) is 5. The number of carbonyl (C=O) groups excluding carboxylic acids is 1. The summed E-state index contributed by atoms with van der Waals surface area (Å²) in [6.45, 7) is 4.89. The second-order valence-electron chi connectivity index (χ2n) is 7.30. The molecule has 0 aliphatic carbocycles. The first-order valence-corrected chi connectivity index (χ1v) is 9.90. The molecule has 0 bridgehead atoms. The number of fused-ring (bicyclic) bond motifs is 2. The molecule has 28 heavy (non-hydrogen) atoms. The fourth-order valence-electron chi connectivity index (χ4n) is 3.98. The van der Waals surface area contributed by atoms with E-state index < -0.39 is 0 Å². The molecule has 2 aromatic rings. The lowest BCUT2D eigenvalue weighted by Gasteiger charge is -2.35. The quantitative estimate of drug-likeness (QED) is 0.792. The molecule has 1 amide bonds. The topological polar surface area (TPSA) is 51.2 Å². The van der Waals surface area contributed by atoms with E-state index in [9.17, 15) is 4.79 Å². The van der Waals surface area contributed by atoms with Crippen LogP contribution < -0.4 is 14.2 Å². The molecular formula is C21H21ClN2O4. The van der Waals surface area contributed by atoms with Crippen molar-refractivity contribution in [3.8, 4) is 17.2 Å². The van der Waals surface area contributed by atoms with E-state index in [1.54, 1.807) is 12.1 Å². The molecule has 0 unspecified atom stereocenters. The molecule has 1 saturated heterocycles. The molecule has 5 rings (SSSR count). The molecule has 0 radical (unpaired) electrons. The predicted molar refractivity (Wildman–Crippen MR) is 104 cm³/mol. The van der Waals surface area contributed by atoms with Crippen LogP contribution >= 0.6 is 11.6 Å². The van der Waals surface area contributed by atoms with E-state index in [2.05, 4.69) is 23.1 Å². The van der Waals surface area contributed by atoms with Gasteiger partial charge in [0.1, 0.15) is 5.75 Å². The van der Waals surface area contributed by atoms with Crippen molar-refractivity contribution in [1.29, 1.82) is 0 Å². The summed E-state index contributed by atoms with van der Waals surface area (Å²) in [6.07, 6.45) is 0.990. The molecular weight excluding hydrogens is 380 g/mol. The van der Waals surface area contributed by atoms with Crippen LogP contribution in [0.3, 0.4) is 0 Å². The van der Waals surface area contributed by atoms with Gasteiger partial charge >= 0.3 is 0 Å². The number of ether oxygens (including phenoxy) is 3. The third-order valence-electron chi connectivity index (χ3n) is 5.49. The number of amides is 1. The molecule has 3 aliphatic heterocycles. The predicted octanol–water partition coefficient (Wildman–Crippen LogP) is 2.96. The zero-order valence-corrected chi connectivity index (χ0v) is 16.2. The molecule has 3 aliphatic rings. The van der Waals surface area contributed by atoms with Crippen molar-refractivity contribution in [2.75, 3.05) is 39.6 Å². The first-order valence-electron chi connectivity index (χ1n) is 9.53.